The number of carbonyl (C=O) groups excluding carboxylic acids is 1. The van der Waals surface area contributed by atoms with Crippen LogP contribution in [0.5, 0.6) is 0 Å². The van der Waals surface area contributed by atoms with Crippen molar-refractivity contribution in [2.75, 3.05) is 43.4 Å². The molecule has 3 rings (SSSR count). The van der Waals surface area contributed by atoms with Gasteiger partial charge in [-0.25, -0.2) is 0 Å². The number of amides is 1. The minimum absolute atomic E-state index is 0.0161. The molecule has 1 aliphatic heterocycles. The standard InChI is InChI=1S/C20H23Cl2N3O/c1-24-10-12-25(13-11-24)19-8-7-17(22)14-18(19)23-20(26)9-4-15-2-5-16(21)6-3-15/h2-3,5-8,14H,4,9-13H2,1H3,(H,23,26). The molecule has 6 heteroatoms. The Bertz CT molecular complexity index is 756. The molecule has 0 atom stereocenters. The first-order chi connectivity index (χ1) is 12.5. The SMILES string of the molecule is CN1CCN(c2ccc(Cl)cc2NC(=O)CCc2ccc(Cl)cc2)CC1. The van der Waals surface area contributed by atoms with Crippen molar-refractivity contribution in [2.24, 2.45) is 0 Å². The van der Waals surface area contributed by atoms with E-state index in [4.69, 9.17) is 23.2 Å². The van der Waals surface area contributed by atoms with Crippen molar-refractivity contribution >= 4 is 40.5 Å². The van der Waals surface area contributed by atoms with Crippen molar-refractivity contribution in [2.45, 2.75) is 12.8 Å². The smallest absolute Gasteiger partial charge is 0.224 e. The highest BCUT2D eigenvalue weighted by molar-refractivity contribution is 6.31. The Hall–Kier alpha value is -1.75. The average Bonchev–Trinajstić information content (AvgIpc) is 2.62. The zero-order valence-corrected chi connectivity index (χ0v) is 16.4. The molecule has 0 bridgehead atoms. The summed E-state index contributed by atoms with van der Waals surface area (Å²) in [6.45, 7) is 3.89. The second-order valence-corrected chi connectivity index (χ2v) is 7.50. The largest absolute Gasteiger partial charge is 0.367 e. The van der Waals surface area contributed by atoms with Crippen molar-refractivity contribution in [3.63, 3.8) is 0 Å². The van der Waals surface area contributed by atoms with Crippen molar-refractivity contribution in [1.29, 1.82) is 0 Å². The van der Waals surface area contributed by atoms with E-state index in [1.807, 2.05) is 42.5 Å². The molecule has 0 spiro atoms. The predicted molar refractivity (Wildman–Crippen MR) is 110 cm³/mol. The minimum atomic E-state index is -0.0161. The molecule has 2 aromatic carbocycles. The van der Waals surface area contributed by atoms with Gasteiger partial charge in [0.1, 0.15) is 0 Å². The summed E-state index contributed by atoms with van der Waals surface area (Å²) in [5.41, 5.74) is 2.90. The van der Waals surface area contributed by atoms with E-state index in [0.29, 0.717) is 22.9 Å². The van der Waals surface area contributed by atoms with Gasteiger partial charge in [0.2, 0.25) is 5.91 Å². The summed E-state index contributed by atoms with van der Waals surface area (Å²) in [7, 11) is 2.12. The van der Waals surface area contributed by atoms with Crippen LogP contribution in [0.2, 0.25) is 10.0 Å². The number of hydrogen-bond acceptors (Lipinski definition) is 3. The molecule has 0 saturated carbocycles. The molecule has 1 N–H and O–H groups in total. The third-order valence-corrected chi connectivity index (χ3v) is 5.12. The van der Waals surface area contributed by atoms with Crippen molar-refractivity contribution in [3.8, 4) is 0 Å². The highest BCUT2D eigenvalue weighted by Crippen LogP contribution is 2.30. The van der Waals surface area contributed by atoms with Crippen LogP contribution in [0.15, 0.2) is 42.5 Å². The predicted octanol–water partition coefficient (Wildman–Crippen LogP) is 4.32. The number of aryl methyl sites for hydroxylation is 1. The lowest BCUT2D eigenvalue weighted by atomic mass is 10.1. The molecule has 4 nitrogen and oxygen atoms in total. The van der Waals surface area contributed by atoms with Crippen LogP contribution in [0.3, 0.4) is 0 Å². The number of benzene rings is 2. The van der Waals surface area contributed by atoms with E-state index in [0.717, 1.165) is 43.1 Å². The maximum atomic E-state index is 12.4. The number of nitrogens with one attached hydrogen (secondary N) is 1. The van der Waals surface area contributed by atoms with Gasteiger partial charge >= 0.3 is 0 Å². The summed E-state index contributed by atoms with van der Waals surface area (Å²) in [6, 6.07) is 13.3. The first kappa shape index (κ1) is 19.0. The van der Waals surface area contributed by atoms with E-state index in [2.05, 4.69) is 22.2 Å². The zero-order valence-electron chi connectivity index (χ0n) is 14.8. The monoisotopic (exact) mass is 391 g/mol. The van der Waals surface area contributed by atoms with Crippen molar-refractivity contribution in [1.82, 2.24) is 4.90 Å². The van der Waals surface area contributed by atoms with Crippen LogP contribution in [-0.4, -0.2) is 44.0 Å². The number of anilines is 2. The summed E-state index contributed by atoms with van der Waals surface area (Å²) < 4.78 is 0. The van der Waals surface area contributed by atoms with Gasteiger partial charge in [0, 0.05) is 42.6 Å². The molecule has 1 fully saturated rings. The topological polar surface area (TPSA) is 35.6 Å². The number of hydrogen-bond donors (Lipinski definition) is 1. The van der Waals surface area contributed by atoms with E-state index in [9.17, 15) is 4.79 Å². The third-order valence-electron chi connectivity index (χ3n) is 4.63. The number of piperazine rings is 1. The number of halogens is 2. The van der Waals surface area contributed by atoms with Crippen LogP contribution in [0.1, 0.15) is 12.0 Å². The van der Waals surface area contributed by atoms with Crippen LogP contribution in [0.4, 0.5) is 11.4 Å². The fraction of sp³-hybridized carbons (Fsp3) is 0.350. The summed E-state index contributed by atoms with van der Waals surface area (Å²) in [6.07, 6.45) is 1.09. The van der Waals surface area contributed by atoms with Crippen LogP contribution in [-0.2, 0) is 11.2 Å². The number of rotatable bonds is 5. The Balaban J connectivity index is 1.65. The van der Waals surface area contributed by atoms with Gasteiger partial charge in [-0.3, -0.25) is 4.79 Å². The Morgan fingerprint density at radius 2 is 1.65 bits per heavy atom. The van der Waals surface area contributed by atoms with E-state index >= 15 is 0 Å². The minimum Gasteiger partial charge on any atom is -0.367 e. The lowest BCUT2D eigenvalue weighted by molar-refractivity contribution is -0.116. The molecule has 1 aliphatic rings. The second-order valence-electron chi connectivity index (χ2n) is 6.63. The van der Waals surface area contributed by atoms with Crippen LogP contribution < -0.4 is 10.2 Å². The molecule has 1 heterocycles. The molecule has 138 valence electrons. The fourth-order valence-corrected chi connectivity index (χ4v) is 3.35. The maximum absolute atomic E-state index is 12.4. The van der Waals surface area contributed by atoms with Crippen molar-refractivity contribution in [3.05, 3.63) is 58.1 Å². The van der Waals surface area contributed by atoms with Crippen LogP contribution in [0, 0.1) is 0 Å². The highest BCUT2D eigenvalue weighted by Gasteiger charge is 2.18. The van der Waals surface area contributed by atoms with Gasteiger partial charge in [0.25, 0.3) is 0 Å². The average molecular weight is 392 g/mol. The molecule has 1 amide bonds. The van der Waals surface area contributed by atoms with Gasteiger partial charge in [0.15, 0.2) is 0 Å². The molecule has 2 aromatic rings. The van der Waals surface area contributed by atoms with E-state index in [-0.39, 0.29) is 5.91 Å². The van der Waals surface area contributed by atoms with Gasteiger partial charge in [-0.05, 0) is 49.4 Å². The molecule has 0 unspecified atom stereocenters. The maximum Gasteiger partial charge on any atom is 0.224 e. The van der Waals surface area contributed by atoms with Gasteiger partial charge in [-0.1, -0.05) is 35.3 Å². The quantitative estimate of drug-likeness (QED) is 0.824. The van der Waals surface area contributed by atoms with Crippen molar-refractivity contribution < 1.29 is 4.79 Å². The molecule has 0 aromatic heterocycles. The van der Waals surface area contributed by atoms with Gasteiger partial charge < -0.3 is 15.1 Å². The lowest BCUT2D eigenvalue weighted by Gasteiger charge is -2.35. The third kappa shape index (κ3) is 5.13. The number of nitrogens with zero attached hydrogens (tertiary/aromatic N) is 2. The Kier molecular flexibility index (Phi) is 6.41. The molecule has 0 radical (unpaired) electrons. The summed E-state index contributed by atoms with van der Waals surface area (Å²) >= 11 is 12.1. The number of likely N-dealkylation sites (N-methyl/N-ethyl adjacent to an activating group) is 1. The molecule has 1 saturated heterocycles. The first-order valence-electron chi connectivity index (χ1n) is 8.78. The fourth-order valence-electron chi connectivity index (χ4n) is 3.05. The number of carbonyl (C=O) groups is 1. The first-order valence-corrected chi connectivity index (χ1v) is 9.54. The van der Waals surface area contributed by atoms with Gasteiger partial charge in [0.05, 0.1) is 11.4 Å². The van der Waals surface area contributed by atoms with E-state index < -0.39 is 0 Å². The second kappa shape index (κ2) is 8.76. The molecule has 0 aliphatic carbocycles. The lowest BCUT2D eigenvalue weighted by Crippen LogP contribution is -2.44. The normalized spacial score (nSPS) is 15.1. The van der Waals surface area contributed by atoms with Gasteiger partial charge in [-0.15, -0.1) is 0 Å². The van der Waals surface area contributed by atoms with E-state index in [1.54, 1.807) is 0 Å². The molecular weight excluding hydrogens is 369 g/mol. The Morgan fingerprint density at radius 3 is 2.35 bits per heavy atom. The molecule has 26 heavy (non-hydrogen) atoms. The molecular formula is C20H23Cl2N3O. The Morgan fingerprint density at radius 1 is 1.00 bits per heavy atom. The summed E-state index contributed by atoms with van der Waals surface area (Å²) in [5.74, 6) is -0.0161. The summed E-state index contributed by atoms with van der Waals surface area (Å²) in [4.78, 5) is 17.0. The summed E-state index contributed by atoms with van der Waals surface area (Å²) in [5, 5.41) is 4.36. The van der Waals surface area contributed by atoms with Crippen LogP contribution >= 0.6 is 23.2 Å². The van der Waals surface area contributed by atoms with Gasteiger partial charge in [-0.2, -0.15) is 0 Å². The van der Waals surface area contributed by atoms with E-state index in [1.165, 1.54) is 0 Å². The Labute approximate surface area is 164 Å². The highest BCUT2D eigenvalue weighted by atomic mass is 35.5. The van der Waals surface area contributed by atoms with Crippen LogP contribution in [0.25, 0.3) is 0 Å². The zero-order chi connectivity index (χ0) is 18.5.